The van der Waals surface area contributed by atoms with E-state index in [9.17, 15) is 9.59 Å². The predicted octanol–water partition coefficient (Wildman–Crippen LogP) is 2.80. The molecule has 0 spiro atoms. The van der Waals surface area contributed by atoms with Crippen molar-refractivity contribution in [2.24, 2.45) is 7.05 Å². The van der Waals surface area contributed by atoms with Crippen LogP contribution in [0.1, 0.15) is 17.5 Å². The van der Waals surface area contributed by atoms with Crippen LogP contribution < -0.4 is 16.1 Å². The minimum absolute atomic E-state index is 0.241. The summed E-state index contributed by atoms with van der Waals surface area (Å²) in [5.74, 6) is 0.711. The SMILES string of the molecule is Cc1ccc(Cn2c(=O)c3c(nc4n3CCCN4c3ccccc3)n(C)c2=O)cc1. The molecule has 0 amide bonds. The molecule has 5 rings (SSSR count). The van der Waals surface area contributed by atoms with Gasteiger partial charge in [-0.15, -0.1) is 0 Å². The van der Waals surface area contributed by atoms with Crippen LogP contribution in [0.15, 0.2) is 64.2 Å². The predicted molar refractivity (Wildman–Crippen MR) is 118 cm³/mol. The van der Waals surface area contributed by atoms with Gasteiger partial charge < -0.3 is 9.47 Å². The van der Waals surface area contributed by atoms with Crippen molar-refractivity contribution in [2.45, 2.75) is 26.4 Å². The first-order valence-corrected chi connectivity index (χ1v) is 10.1. The lowest BCUT2D eigenvalue weighted by atomic mass is 10.1. The van der Waals surface area contributed by atoms with E-state index in [4.69, 9.17) is 4.98 Å². The molecular weight excluding hydrogens is 378 g/mol. The van der Waals surface area contributed by atoms with E-state index in [1.165, 1.54) is 9.13 Å². The van der Waals surface area contributed by atoms with Gasteiger partial charge in [0.15, 0.2) is 11.2 Å². The summed E-state index contributed by atoms with van der Waals surface area (Å²) in [6.07, 6.45) is 0.896. The summed E-state index contributed by atoms with van der Waals surface area (Å²) in [6.45, 7) is 3.77. The van der Waals surface area contributed by atoms with Crippen LogP contribution in [-0.4, -0.2) is 25.2 Å². The van der Waals surface area contributed by atoms with Gasteiger partial charge in [-0.2, -0.15) is 4.98 Å². The van der Waals surface area contributed by atoms with Gasteiger partial charge in [-0.1, -0.05) is 48.0 Å². The second-order valence-corrected chi connectivity index (χ2v) is 7.79. The Morgan fingerprint density at radius 2 is 1.70 bits per heavy atom. The molecule has 0 radical (unpaired) electrons. The minimum atomic E-state index is -0.352. The third-order valence-electron chi connectivity index (χ3n) is 5.75. The quantitative estimate of drug-likeness (QED) is 0.530. The lowest BCUT2D eigenvalue weighted by molar-refractivity contribution is 0.597. The van der Waals surface area contributed by atoms with E-state index in [1.807, 2.05) is 66.1 Å². The number of para-hydroxylation sites is 1. The maximum Gasteiger partial charge on any atom is 0.332 e. The third-order valence-corrected chi connectivity index (χ3v) is 5.75. The zero-order valence-electron chi connectivity index (χ0n) is 17.1. The molecule has 2 aromatic carbocycles. The Bertz CT molecular complexity index is 1350. The number of hydrogen-bond acceptors (Lipinski definition) is 4. The summed E-state index contributed by atoms with van der Waals surface area (Å²) < 4.78 is 4.75. The maximum atomic E-state index is 13.4. The van der Waals surface area contributed by atoms with E-state index in [2.05, 4.69) is 4.90 Å². The van der Waals surface area contributed by atoms with Crippen LogP contribution in [0.2, 0.25) is 0 Å². The summed E-state index contributed by atoms with van der Waals surface area (Å²) in [7, 11) is 1.68. The van der Waals surface area contributed by atoms with Crippen molar-refractivity contribution in [1.29, 1.82) is 0 Å². The summed E-state index contributed by atoms with van der Waals surface area (Å²) in [6, 6.07) is 17.9. The summed E-state index contributed by atoms with van der Waals surface area (Å²) in [5, 5.41) is 0. The van der Waals surface area contributed by atoms with Crippen molar-refractivity contribution in [3.8, 4) is 0 Å². The highest BCUT2D eigenvalue weighted by Gasteiger charge is 2.26. The van der Waals surface area contributed by atoms with Gasteiger partial charge >= 0.3 is 5.69 Å². The Kier molecular flexibility index (Phi) is 4.31. The fraction of sp³-hybridized carbons (Fsp3) is 0.261. The first-order valence-electron chi connectivity index (χ1n) is 10.1. The van der Waals surface area contributed by atoms with E-state index >= 15 is 0 Å². The van der Waals surface area contributed by atoms with Gasteiger partial charge in [0, 0.05) is 25.8 Å². The lowest BCUT2D eigenvalue weighted by Gasteiger charge is -2.28. The van der Waals surface area contributed by atoms with E-state index in [-0.39, 0.29) is 17.8 Å². The van der Waals surface area contributed by atoms with Gasteiger partial charge in [0.1, 0.15) is 0 Å². The van der Waals surface area contributed by atoms with Gasteiger partial charge in [-0.05, 0) is 31.0 Å². The molecule has 0 atom stereocenters. The van der Waals surface area contributed by atoms with Gasteiger partial charge in [0.25, 0.3) is 5.56 Å². The molecule has 7 heteroatoms. The number of anilines is 2. The van der Waals surface area contributed by atoms with Crippen molar-refractivity contribution in [1.82, 2.24) is 18.7 Å². The minimum Gasteiger partial charge on any atom is -0.312 e. The standard InChI is InChI=1S/C23H23N5O2/c1-16-9-11-17(12-10-16)15-28-21(29)19-20(25(2)23(28)30)24-22-26(13-6-14-27(19)22)18-7-4-3-5-8-18/h3-5,7-12H,6,13-15H2,1-2H3. The molecule has 0 bridgehead atoms. The van der Waals surface area contributed by atoms with Crippen molar-refractivity contribution >= 4 is 22.8 Å². The highest BCUT2D eigenvalue weighted by atomic mass is 16.2. The second-order valence-electron chi connectivity index (χ2n) is 7.79. The summed E-state index contributed by atoms with van der Waals surface area (Å²) >= 11 is 0. The normalized spacial score (nSPS) is 13.6. The number of hydrogen-bond donors (Lipinski definition) is 0. The average Bonchev–Trinajstić information content (AvgIpc) is 3.17. The Morgan fingerprint density at radius 1 is 0.967 bits per heavy atom. The van der Waals surface area contributed by atoms with Crippen LogP contribution in [0.5, 0.6) is 0 Å². The van der Waals surface area contributed by atoms with Gasteiger partial charge in [-0.25, -0.2) is 4.79 Å². The van der Waals surface area contributed by atoms with Crippen molar-refractivity contribution in [3.05, 3.63) is 86.6 Å². The average molecular weight is 401 g/mol. The molecule has 0 saturated carbocycles. The second kappa shape index (κ2) is 7.02. The Balaban J connectivity index is 1.70. The number of fused-ring (bicyclic) bond motifs is 3. The van der Waals surface area contributed by atoms with Crippen LogP contribution in [0, 0.1) is 6.92 Å². The van der Waals surface area contributed by atoms with Crippen LogP contribution >= 0.6 is 0 Å². The molecule has 152 valence electrons. The molecular formula is C23H23N5O2. The zero-order valence-corrected chi connectivity index (χ0v) is 17.1. The van der Waals surface area contributed by atoms with E-state index in [0.29, 0.717) is 23.7 Å². The topological polar surface area (TPSA) is 65.1 Å². The van der Waals surface area contributed by atoms with Gasteiger partial charge in [-0.3, -0.25) is 13.9 Å². The zero-order chi connectivity index (χ0) is 20.8. The third kappa shape index (κ3) is 2.85. The first kappa shape index (κ1) is 18.4. The number of rotatable bonds is 3. The first-order chi connectivity index (χ1) is 14.5. The van der Waals surface area contributed by atoms with Gasteiger partial charge in [0.2, 0.25) is 5.95 Å². The molecule has 0 aliphatic carbocycles. The van der Waals surface area contributed by atoms with Crippen molar-refractivity contribution in [3.63, 3.8) is 0 Å². The molecule has 2 aromatic heterocycles. The maximum absolute atomic E-state index is 13.4. The Labute approximate surface area is 173 Å². The number of imidazole rings is 1. The number of aryl methyl sites for hydroxylation is 3. The molecule has 0 saturated heterocycles. The highest BCUT2D eigenvalue weighted by molar-refractivity contribution is 5.77. The summed E-state index contributed by atoms with van der Waals surface area (Å²) in [4.78, 5) is 33.3. The number of aromatic nitrogens is 4. The Hall–Kier alpha value is -3.61. The molecule has 0 unspecified atom stereocenters. The van der Waals surface area contributed by atoms with Crippen LogP contribution in [0.4, 0.5) is 11.6 Å². The molecule has 4 aromatic rings. The van der Waals surface area contributed by atoms with E-state index in [1.54, 1.807) is 7.05 Å². The molecule has 0 fully saturated rings. The number of nitrogens with zero attached hydrogens (tertiary/aromatic N) is 5. The van der Waals surface area contributed by atoms with Crippen molar-refractivity contribution < 1.29 is 0 Å². The fourth-order valence-electron chi connectivity index (χ4n) is 4.13. The van der Waals surface area contributed by atoms with Crippen LogP contribution in [0.3, 0.4) is 0 Å². The largest absolute Gasteiger partial charge is 0.332 e. The summed E-state index contributed by atoms with van der Waals surface area (Å²) in [5.41, 5.74) is 3.36. The molecule has 0 N–H and O–H groups in total. The van der Waals surface area contributed by atoms with E-state index in [0.717, 1.165) is 29.8 Å². The highest BCUT2D eigenvalue weighted by Crippen LogP contribution is 2.30. The van der Waals surface area contributed by atoms with Gasteiger partial charge in [0.05, 0.1) is 6.54 Å². The molecule has 7 nitrogen and oxygen atoms in total. The molecule has 1 aliphatic heterocycles. The van der Waals surface area contributed by atoms with E-state index < -0.39 is 0 Å². The Morgan fingerprint density at radius 3 is 2.43 bits per heavy atom. The molecule has 1 aliphatic rings. The lowest BCUT2D eigenvalue weighted by Crippen LogP contribution is -2.40. The van der Waals surface area contributed by atoms with Crippen LogP contribution in [-0.2, 0) is 20.1 Å². The van der Waals surface area contributed by atoms with Crippen LogP contribution in [0.25, 0.3) is 11.2 Å². The smallest absolute Gasteiger partial charge is 0.312 e. The number of benzene rings is 2. The van der Waals surface area contributed by atoms with Crippen molar-refractivity contribution in [2.75, 3.05) is 11.4 Å². The monoisotopic (exact) mass is 401 g/mol. The molecule has 3 heterocycles. The molecule has 30 heavy (non-hydrogen) atoms. The fourth-order valence-corrected chi connectivity index (χ4v) is 4.13.